The molecule has 3 aromatic rings. The van der Waals surface area contributed by atoms with E-state index in [0.29, 0.717) is 16.2 Å². The van der Waals surface area contributed by atoms with Crippen LogP contribution in [0.4, 0.5) is 5.95 Å². The van der Waals surface area contributed by atoms with Crippen molar-refractivity contribution in [2.75, 3.05) is 5.73 Å². The molecule has 0 bridgehead atoms. The van der Waals surface area contributed by atoms with Crippen LogP contribution in [-0.4, -0.2) is 40.0 Å². The lowest BCUT2D eigenvalue weighted by molar-refractivity contribution is 0.698. The Kier molecular flexibility index (Phi) is 1.83. The Morgan fingerprint density at radius 2 is 2.12 bits per heavy atom. The number of nitrogens with two attached hydrogens (primary N) is 1. The SMILES string of the molecule is Nc1nc(Br)n(-c2ccc3nnnn3n2)n1. The number of halogens is 1. The Labute approximate surface area is 96.4 Å². The van der Waals surface area contributed by atoms with E-state index in [1.807, 2.05) is 0 Å². The van der Waals surface area contributed by atoms with Gasteiger partial charge in [0.2, 0.25) is 10.7 Å². The summed E-state index contributed by atoms with van der Waals surface area (Å²) < 4.78 is 3.20. The fraction of sp³-hybridized carbons (Fsp3) is 0. The summed E-state index contributed by atoms with van der Waals surface area (Å²) in [4.78, 5) is 3.90. The van der Waals surface area contributed by atoms with Crippen molar-refractivity contribution in [2.24, 2.45) is 0 Å². The van der Waals surface area contributed by atoms with E-state index in [-0.39, 0.29) is 5.95 Å². The molecule has 0 saturated heterocycles. The van der Waals surface area contributed by atoms with E-state index in [9.17, 15) is 0 Å². The van der Waals surface area contributed by atoms with Gasteiger partial charge in [-0.2, -0.15) is 9.67 Å². The maximum atomic E-state index is 5.46. The predicted octanol–water partition coefficient (Wildman–Crippen LogP) is -0.555. The first-order valence-corrected chi connectivity index (χ1v) is 4.97. The quantitative estimate of drug-likeness (QED) is 0.636. The van der Waals surface area contributed by atoms with Crippen LogP contribution in [0.1, 0.15) is 0 Å². The maximum absolute atomic E-state index is 5.46. The van der Waals surface area contributed by atoms with Crippen molar-refractivity contribution >= 4 is 27.5 Å². The molecule has 3 heterocycles. The van der Waals surface area contributed by atoms with Crippen molar-refractivity contribution < 1.29 is 0 Å². The largest absolute Gasteiger partial charge is 0.366 e. The second kappa shape index (κ2) is 3.20. The van der Waals surface area contributed by atoms with Gasteiger partial charge in [-0.3, -0.25) is 0 Å². The Hall–Kier alpha value is -2.10. The lowest BCUT2D eigenvalue weighted by Crippen LogP contribution is -2.05. The minimum atomic E-state index is 0.158. The van der Waals surface area contributed by atoms with Crippen LogP contribution in [0.5, 0.6) is 0 Å². The van der Waals surface area contributed by atoms with Gasteiger partial charge >= 0.3 is 0 Å². The summed E-state index contributed by atoms with van der Waals surface area (Å²) in [5, 5.41) is 19.0. The third-order valence-corrected chi connectivity index (χ3v) is 2.37. The van der Waals surface area contributed by atoms with E-state index in [0.717, 1.165) is 0 Å². The van der Waals surface area contributed by atoms with Gasteiger partial charge in [0.1, 0.15) is 0 Å². The summed E-state index contributed by atoms with van der Waals surface area (Å²) >= 11 is 3.22. The highest BCUT2D eigenvalue weighted by molar-refractivity contribution is 9.10. The first kappa shape index (κ1) is 9.15. The van der Waals surface area contributed by atoms with Gasteiger partial charge in [-0.05, 0) is 38.5 Å². The van der Waals surface area contributed by atoms with Gasteiger partial charge in [0.25, 0.3) is 0 Å². The summed E-state index contributed by atoms with van der Waals surface area (Å²) in [7, 11) is 0. The highest BCUT2D eigenvalue weighted by Crippen LogP contribution is 2.13. The van der Waals surface area contributed by atoms with Crippen molar-refractivity contribution in [3.05, 3.63) is 16.9 Å². The van der Waals surface area contributed by atoms with Gasteiger partial charge in [0, 0.05) is 0 Å². The molecular formula is C6H4BrN9. The first-order chi connectivity index (χ1) is 7.74. The lowest BCUT2D eigenvalue weighted by atomic mass is 10.5. The minimum absolute atomic E-state index is 0.158. The third-order valence-electron chi connectivity index (χ3n) is 1.86. The second-order valence-electron chi connectivity index (χ2n) is 2.87. The van der Waals surface area contributed by atoms with Gasteiger partial charge in [-0.15, -0.1) is 19.9 Å². The minimum Gasteiger partial charge on any atom is -0.366 e. The molecule has 16 heavy (non-hydrogen) atoms. The van der Waals surface area contributed by atoms with Gasteiger partial charge in [-0.1, -0.05) is 0 Å². The van der Waals surface area contributed by atoms with Crippen LogP contribution < -0.4 is 5.73 Å². The van der Waals surface area contributed by atoms with Crippen LogP contribution in [0.2, 0.25) is 0 Å². The fourth-order valence-electron chi connectivity index (χ4n) is 1.21. The lowest BCUT2D eigenvalue weighted by Gasteiger charge is -1.99. The topological polar surface area (TPSA) is 113 Å². The number of hydrogen-bond donors (Lipinski definition) is 1. The number of fused-ring (bicyclic) bond motifs is 1. The van der Waals surface area contributed by atoms with Gasteiger partial charge in [0.15, 0.2) is 11.5 Å². The van der Waals surface area contributed by atoms with Crippen LogP contribution >= 0.6 is 15.9 Å². The van der Waals surface area contributed by atoms with E-state index < -0.39 is 0 Å². The number of tetrazole rings is 1. The Morgan fingerprint density at radius 1 is 1.25 bits per heavy atom. The van der Waals surface area contributed by atoms with Crippen molar-refractivity contribution in [1.82, 2.24) is 40.0 Å². The summed E-state index contributed by atoms with van der Waals surface area (Å²) in [5.74, 6) is 0.668. The molecule has 0 aromatic carbocycles. The highest BCUT2D eigenvalue weighted by atomic mass is 79.9. The van der Waals surface area contributed by atoms with Gasteiger partial charge < -0.3 is 5.73 Å². The molecule has 80 valence electrons. The monoisotopic (exact) mass is 281 g/mol. The molecule has 0 spiro atoms. The van der Waals surface area contributed by atoms with Crippen LogP contribution in [0, 0.1) is 0 Å². The zero-order valence-corrected chi connectivity index (χ0v) is 9.27. The Balaban J connectivity index is 2.21. The third kappa shape index (κ3) is 1.31. The number of nitrogen functional groups attached to an aromatic ring is 1. The number of hydrogen-bond acceptors (Lipinski definition) is 7. The molecular weight excluding hydrogens is 278 g/mol. The Morgan fingerprint density at radius 3 is 2.88 bits per heavy atom. The van der Waals surface area contributed by atoms with Crippen LogP contribution in [0.3, 0.4) is 0 Å². The van der Waals surface area contributed by atoms with E-state index in [1.54, 1.807) is 12.1 Å². The molecule has 0 fully saturated rings. The second-order valence-corrected chi connectivity index (χ2v) is 3.58. The molecule has 0 aliphatic carbocycles. The molecule has 3 rings (SSSR count). The average Bonchev–Trinajstić information content (AvgIpc) is 2.83. The molecule has 0 saturated carbocycles. The van der Waals surface area contributed by atoms with E-state index in [1.165, 1.54) is 9.31 Å². The molecule has 0 amide bonds. The van der Waals surface area contributed by atoms with Crippen LogP contribution in [-0.2, 0) is 0 Å². The van der Waals surface area contributed by atoms with E-state index >= 15 is 0 Å². The molecule has 3 aromatic heterocycles. The summed E-state index contributed by atoms with van der Waals surface area (Å²) in [6.07, 6.45) is 0. The number of aromatic nitrogens is 8. The predicted molar refractivity (Wildman–Crippen MR) is 55.6 cm³/mol. The van der Waals surface area contributed by atoms with Crippen LogP contribution in [0.25, 0.3) is 11.5 Å². The van der Waals surface area contributed by atoms with Crippen molar-refractivity contribution in [1.29, 1.82) is 0 Å². The van der Waals surface area contributed by atoms with Gasteiger partial charge in [0.05, 0.1) is 0 Å². The van der Waals surface area contributed by atoms with Crippen LogP contribution in [0.15, 0.2) is 16.9 Å². The molecule has 0 aliphatic rings. The fourth-order valence-corrected chi connectivity index (χ4v) is 1.65. The Bertz CT molecular complexity index is 655. The molecule has 2 N–H and O–H groups in total. The van der Waals surface area contributed by atoms with Crippen molar-refractivity contribution in [3.63, 3.8) is 0 Å². The van der Waals surface area contributed by atoms with E-state index in [4.69, 9.17) is 5.73 Å². The molecule has 0 radical (unpaired) electrons. The normalized spacial score (nSPS) is 11.1. The average molecular weight is 282 g/mol. The summed E-state index contributed by atoms with van der Waals surface area (Å²) in [6.45, 7) is 0. The number of rotatable bonds is 1. The maximum Gasteiger partial charge on any atom is 0.240 e. The van der Waals surface area contributed by atoms with E-state index in [2.05, 4.69) is 46.6 Å². The van der Waals surface area contributed by atoms with Crippen molar-refractivity contribution in [3.8, 4) is 5.82 Å². The van der Waals surface area contributed by atoms with Crippen molar-refractivity contribution in [2.45, 2.75) is 0 Å². The highest BCUT2D eigenvalue weighted by Gasteiger charge is 2.09. The summed E-state index contributed by atoms with van der Waals surface area (Å²) in [6, 6.07) is 3.43. The molecule has 0 atom stereocenters. The molecule has 0 aliphatic heterocycles. The standard InChI is InChI=1S/C6H4BrN9/c7-5-9-6(8)12-15(5)4-2-1-3-10-13-14-16(3)11-4/h1-2H,(H2,8,12). The zero-order valence-electron chi connectivity index (χ0n) is 7.69. The molecule has 0 unspecified atom stereocenters. The summed E-state index contributed by atoms with van der Waals surface area (Å²) in [5.41, 5.74) is 6.01. The molecule has 10 heteroatoms. The zero-order chi connectivity index (χ0) is 11.1. The van der Waals surface area contributed by atoms with Gasteiger partial charge in [-0.25, -0.2) is 0 Å². The molecule has 9 nitrogen and oxygen atoms in total. The number of anilines is 1. The smallest absolute Gasteiger partial charge is 0.240 e. The first-order valence-electron chi connectivity index (χ1n) is 4.18. The number of nitrogens with zero attached hydrogens (tertiary/aromatic N) is 8.